The molecule has 1 N–H and O–H groups in total. The molecule has 1 aliphatic heterocycles. The zero-order valence-electron chi connectivity index (χ0n) is 13.7. The van der Waals surface area contributed by atoms with E-state index < -0.39 is 0 Å². The van der Waals surface area contributed by atoms with Crippen LogP contribution in [0.2, 0.25) is 0 Å². The Morgan fingerprint density at radius 3 is 3.00 bits per heavy atom. The minimum atomic E-state index is 0.808. The van der Waals surface area contributed by atoms with Gasteiger partial charge >= 0.3 is 0 Å². The van der Waals surface area contributed by atoms with Crippen LogP contribution in [0, 0.1) is 6.92 Å². The minimum Gasteiger partial charge on any atom is -0.379 e. The molecule has 4 rings (SSSR count). The van der Waals surface area contributed by atoms with E-state index in [0.717, 1.165) is 77.8 Å². The molecule has 3 aromatic heterocycles. The van der Waals surface area contributed by atoms with Gasteiger partial charge in [0.15, 0.2) is 5.82 Å². The summed E-state index contributed by atoms with van der Waals surface area (Å²) in [5.74, 6) is 0.808. The average molecular weight is 344 g/mol. The predicted molar refractivity (Wildman–Crippen MR) is 95.6 cm³/mol. The van der Waals surface area contributed by atoms with Crippen LogP contribution in [0.15, 0.2) is 12.1 Å². The summed E-state index contributed by atoms with van der Waals surface area (Å²) in [6, 6.07) is 4.07. The van der Waals surface area contributed by atoms with Crippen LogP contribution in [0.4, 0.5) is 5.82 Å². The number of fused-ring (bicyclic) bond motifs is 3. The van der Waals surface area contributed by atoms with Crippen molar-refractivity contribution in [2.45, 2.75) is 13.3 Å². The number of rotatable bonds is 5. The molecule has 0 atom stereocenters. The summed E-state index contributed by atoms with van der Waals surface area (Å²) in [5, 5.41) is 16.8. The van der Waals surface area contributed by atoms with Crippen molar-refractivity contribution in [3.8, 4) is 0 Å². The molecule has 24 heavy (non-hydrogen) atoms. The third-order valence-electron chi connectivity index (χ3n) is 4.22. The SMILES string of the molecule is Cc1ccc2c(n1)sc1c(NCCCN3CCOCC3)nnnc12. The van der Waals surface area contributed by atoms with E-state index in [9.17, 15) is 0 Å². The summed E-state index contributed by atoms with van der Waals surface area (Å²) in [6.07, 6.45) is 1.06. The summed E-state index contributed by atoms with van der Waals surface area (Å²) in [7, 11) is 0. The standard InChI is InChI=1S/C16H20N6OS/c1-11-3-4-12-13-14(24-16(12)18-11)15(20-21-19-13)17-5-2-6-22-7-9-23-10-8-22/h3-4H,2,5-10H2,1H3,(H,17,19,20). The van der Waals surface area contributed by atoms with Gasteiger partial charge in [0.1, 0.15) is 15.0 Å². The zero-order chi connectivity index (χ0) is 16.4. The van der Waals surface area contributed by atoms with Gasteiger partial charge in [-0.05, 0) is 37.2 Å². The normalized spacial score (nSPS) is 16.0. The number of nitrogens with zero attached hydrogens (tertiary/aromatic N) is 5. The number of morpholine rings is 1. The third kappa shape index (κ3) is 3.17. The van der Waals surface area contributed by atoms with Crippen LogP contribution in [0.25, 0.3) is 20.4 Å². The van der Waals surface area contributed by atoms with E-state index in [4.69, 9.17) is 4.74 Å². The van der Waals surface area contributed by atoms with E-state index in [1.807, 2.05) is 13.0 Å². The van der Waals surface area contributed by atoms with Gasteiger partial charge in [0.05, 0.1) is 13.2 Å². The number of aryl methyl sites for hydroxylation is 1. The fraction of sp³-hybridized carbons (Fsp3) is 0.500. The summed E-state index contributed by atoms with van der Waals surface area (Å²) in [5.41, 5.74) is 1.89. The highest BCUT2D eigenvalue weighted by Gasteiger charge is 2.13. The van der Waals surface area contributed by atoms with E-state index >= 15 is 0 Å². The van der Waals surface area contributed by atoms with Gasteiger partial charge in [-0.2, -0.15) is 0 Å². The van der Waals surface area contributed by atoms with Crippen LogP contribution in [0.5, 0.6) is 0 Å². The Morgan fingerprint density at radius 1 is 1.25 bits per heavy atom. The zero-order valence-corrected chi connectivity index (χ0v) is 14.5. The number of ether oxygens (including phenoxy) is 1. The third-order valence-corrected chi connectivity index (χ3v) is 5.32. The number of thiophene rings is 1. The fourth-order valence-corrected chi connectivity index (χ4v) is 4.04. The van der Waals surface area contributed by atoms with Gasteiger partial charge in [-0.3, -0.25) is 4.90 Å². The Kier molecular flexibility index (Phi) is 4.50. The van der Waals surface area contributed by atoms with Crippen molar-refractivity contribution in [3.05, 3.63) is 17.8 Å². The molecule has 0 aliphatic carbocycles. The van der Waals surface area contributed by atoms with Crippen molar-refractivity contribution in [1.29, 1.82) is 0 Å². The molecule has 0 unspecified atom stereocenters. The highest BCUT2D eigenvalue weighted by Crippen LogP contribution is 2.34. The molecular formula is C16H20N6OS. The van der Waals surface area contributed by atoms with Gasteiger partial charge in [0.2, 0.25) is 0 Å². The predicted octanol–water partition coefficient (Wildman–Crippen LogP) is 2.08. The van der Waals surface area contributed by atoms with Gasteiger partial charge < -0.3 is 10.1 Å². The fourth-order valence-electron chi connectivity index (χ4n) is 2.93. The lowest BCUT2D eigenvalue weighted by Crippen LogP contribution is -2.37. The average Bonchev–Trinajstić information content (AvgIpc) is 2.98. The Labute approximate surface area is 144 Å². The van der Waals surface area contributed by atoms with Crippen LogP contribution in [-0.2, 0) is 4.74 Å². The Balaban J connectivity index is 1.46. The molecular weight excluding hydrogens is 324 g/mol. The van der Waals surface area contributed by atoms with Crippen molar-refractivity contribution in [3.63, 3.8) is 0 Å². The van der Waals surface area contributed by atoms with E-state index in [0.29, 0.717) is 0 Å². The molecule has 1 aliphatic rings. The van der Waals surface area contributed by atoms with Gasteiger partial charge in [0.25, 0.3) is 0 Å². The first-order valence-electron chi connectivity index (χ1n) is 8.24. The van der Waals surface area contributed by atoms with Crippen molar-refractivity contribution >= 4 is 37.6 Å². The van der Waals surface area contributed by atoms with Crippen LogP contribution in [-0.4, -0.2) is 64.7 Å². The molecule has 0 spiro atoms. The summed E-state index contributed by atoms with van der Waals surface area (Å²) < 4.78 is 6.41. The molecule has 0 bridgehead atoms. The second-order valence-electron chi connectivity index (χ2n) is 5.96. The molecule has 1 saturated heterocycles. The molecule has 4 heterocycles. The maximum atomic E-state index is 5.37. The molecule has 1 fully saturated rings. The quantitative estimate of drug-likeness (QED) is 0.710. The lowest BCUT2D eigenvalue weighted by Gasteiger charge is -2.26. The van der Waals surface area contributed by atoms with Gasteiger partial charge in [-0.15, -0.1) is 21.5 Å². The van der Waals surface area contributed by atoms with Crippen molar-refractivity contribution in [2.75, 3.05) is 44.7 Å². The highest BCUT2D eigenvalue weighted by atomic mass is 32.1. The maximum Gasteiger partial charge on any atom is 0.170 e. The number of aromatic nitrogens is 4. The van der Waals surface area contributed by atoms with Crippen LogP contribution in [0.1, 0.15) is 12.1 Å². The van der Waals surface area contributed by atoms with Crippen LogP contribution in [0.3, 0.4) is 0 Å². The topological polar surface area (TPSA) is 76.1 Å². The second kappa shape index (κ2) is 6.92. The Hall–Kier alpha value is -1.90. The van der Waals surface area contributed by atoms with E-state index in [2.05, 4.69) is 36.7 Å². The maximum absolute atomic E-state index is 5.37. The smallest absolute Gasteiger partial charge is 0.170 e. The number of hydrogen-bond acceptors (Lipinski definition) is 8. The van der Waals surface area contributed by atoms with Gasteiger partial charge in [-0.25, -0.2) is 4.98 Å². The molecule has 0 aromatic carbocycles. The summed E-state index contributed by atoms with van der Waals surface area (Å²) >= 11 is 1.62. The number of anilines is 1. The van der Waals surface area contributed by atoms with Crippen molar-refractivity contribution in [1.82, 2.24) is 25.3 Å². The van der Waals surface area contributed by atoms with E-state index in [-0.39, 0.29) is 0 Å². The van der Waals surface area contributed by atoms with E-state index in [1.165, 1.54) is 0 Å². The highest BCUT2D eigenvalue weighted by molar-refractivity contribution is 7.25. The van der Waals surface area contributed by atoms with E-state index in [1.54, 1.807) is 11.3 Å². The second-order valence-corrected chi connectivity index (χ2v) is 6.96. The summed E-state index contributed by atoms with van der Waals surface area (Å²) in [4.78, 5) is 8.01. The molecule has 0 amide bonds. The number of pyridine rings is 1. The Bertz CT molecular complexity index is 845. The monoisotopic (exact) mass is 344 g/mol. The molecule has 0 radical (unpaired) electrons. The van der Waals surface area contributed by atoms with Gasteiger partial charge in [0, 0.05) is 30.7 Å². The molecule has 3 aromatic rings. The van der Waals surface area contributed by atoms with Crippen LogP contribution >= 0.6 is 11.3 Å². The first kappa shape index (κ1) is 15.6. The summed E-state index contributed by atoms with van der Waals surface area (Å²) in [6.45, 7) is 7.69. The largest absolute Gasteiger partial charge is 0.379 e. The molecule has 126 valence electrons. The molecule has 7 nitrogen and oxygen atoms in total. The number of hydrogen-bond donors (Lipinski definition) is 1. The van der Waals surface area contributed by atoms with Crippen molar-refractivity contribution in [2.24, 2.45) is 0 Å². The number of nitrogens with one attached hydrogen (secondary N) is 1. The first-order valence-corrected chi connectivity index (χ1v) is 9.06. The Morgan fingerprint density at radius 2 is 2.12 bits per heavy atom. The first-order chi connectivity index (χ1) is 11.8. The van der Waals surface area contributed by atoms with Crippen molar-refractivity contribution < 1.29 is 4.74 Å². The molecule has 0 saturated carbocycles. The minimum absolute atomic E-state index is 0.808. The molecule has 8 heteroatoms. The lowest BCUT2D eigenvalue weighted by atomic mass is 10.3. The van der Waals surface area contributed by atoms with Gasteiger partial charge in [-0.1, -0.05) is 0 Å². The van der Waals surface area contributed by atoms with Crippen LogP contribution < -0.4 is 5.32 Å². The lowest BCUT2D eigenvalue weighted by molar-refractivity contribution is 0.0378.